The first-order valence-electron chi connectivity index (χ1n) is 9.55. The van der Waals surface area contributed by atoms with E-state index >= 15 is 0 Å². The van der Waals surface area contributed by atoms with Crippen molar-refractivity contribution < 1.29 is 4.79 Å². The zero-order valence-corrected chi connectivity index (χ0v) is 15.1. The van der Waals surface area contributed by atoms with Gasteiger partial charge in [0.1, 0.15) is 5.82 Å². The minimum atomic E-state index is 0.0164. The molecule has 2 fully saturated rings. The van der Waals surface area contributed by atoms with Crippen molar-refractivity contribution in [2.24, 2.45) is 23.5 Å². The van der Waals surface area contributed by atoms with Crippen molar-refractivity contribution in [3.63, 3.8) is 0 Å². The molecule has 0 spiro atoms. The van der Waals surface area contributed by atoms with Gasteiger partial charge in [0.15, 0.2) is 0 Å². The summed E-state index contributed by atoms with van der Waals surface area (Å²) < 4.78 is 2.27. The summed E-state index contributed by atoms with van der Waals surface area (Å²) in [7, 11) is 0. The van der Waals surface area contributed by atoms with Crippen molar-refractivity contribution in [1.29, 1.82) is 0 Å². The molecule has 25 heavy (non-hydrogen) atoms. The molecule has 1 amide bonds. The van der Waals surface area contributed by atoms with Crippen LogP contribution in [0.1, 0.15) is 45.0 Å². The molecule has 4 rings (SSSR count). The van der Waals surface area contributed by atoms with E-state index < -0.39 is 0 Å². The fourth-order valence-electron chi connectivity index (χ4n) is 4.99. The van der Waals surface area contributed by atoms with Gasteiger partial charge in [-0.2, -0.15) is 0 Å². The number of hydrogen-bond acceptors (Lipinski definition) is 3. The number of nitrogens with zero attached hydrogens (tertiary/aromatic N) is 2. The van der Waals surface area contributed by atoms with E-state index in [0.717, 1.165) is 29.7 Å². The number of fused-ring (bicyclic) bond motifs is 3. The monoisotopic (exact) mass is 340 g/mol. The third-order valence-electron chi connectivity index (χ3n) is 6.12. The molecule has 1 aromatic carbocycles. The van der Waals surface area contributed by atoms with Crippen molar-refractivity contribution in [3.8, 4) is 0 Å². The summed E-state index contributed by atoms with van der Waals surface area (Å²) in [5.74, 6) is 2.26. The highest BCUT2D eigenvalue weighted by molar-refractivity contribution is 5.80. The summed E-state index contributed by atoms with van der Waals surface area (Å²) >= 11 is 0. The van der Waals surface area contributed by atoms with E-state index in [4.69, 9.17) is 10.7 Å². The second-order valence-corrected chi connectivity index (χ2v) is 7.96. The van der Waals surface area contributed by atoms with E-state index in [-0.39, 0.29) is 17.9 Å². The van der Waals surface area contributed by atoms with Gasteiger partial charge >= 0.3 is 0 Å². The van der Waals surface area contributed by atoms with Crippen LogP contribution in [-0.4, -0.2) is 28.0 Å². The Morgan fingerprint density at radius 3 is 2.80 bits per heavy atom. The van der Waals surface area contributed by atoms with Crippen molar-refractivity contribution in [3.05, 3.63) is 30.1 Å². The molecule has 1 heterocycles. The van der Waals surface area contributed by atoms with Gasteiger partial charge in [0.25, 0.3) is 0 Å². The van der Waals surface area contributed by atoms with Crippen LogP contribution in [0.4, 0.5) is 0 Å². The predicted molar refractivity (Wildman–Crippen MR) is 99.1 cm³/mol. The van der Waals surface area contributed by atoms with Gasteiger partial charge in [0.05, 0.1) is 17.0 Å². The molecule has 1 aromatic heterocycles. The molecule has 5 heteroatoms. The highest BCUT2D eigenvalue weighted by Crippen LogP contribution is 2.47. The van der Waals surface area contributed by atoms with Gasteiger partial charge in [0.2, 0.25) is 5.91 Å². The van der Waals surface area contributed by atoms with Gasteiger partial charge < -0.3 is 15.6 Å². The molecule has 2 aromatic rings. The van der Waals surface area contributed by atoms with Gasteiger partial charge in [-0.25, -0.2) is 4.98 Å². The number of rotatable bonds is 5. The third kappa shape index (κ3) is 2.84. The van der Waals surface area contributed by atoms with Crippen LogP contribution in [0.2, 0.25) is 0 Å². The van der Waals surface area contributed by atoms with Crippen LogP contribution >= 0.6 is 0 Å². The van der Waals surface area contributed by atoms with Crippen molar-refractivity contribution in [1.82, 2.24) is 14.9 Å². The summed E-state index contributed by atoms with van der Waals surface area (Å²) in [5, 5.41) is 3.13. The fraction of sp³-hybridized carbons (Fsp3) is 0.600. The van der Waals surface area contributed by atoms with Crippen LogP contribution in [0.15, 0.2) is 24.3 Å². The lowest BCUT2D eigenvalue weighted by atomic mass is 9.84. The Bertz CT molecular complexity index is 779. The Morgan fingerprint density at radius 2 is 2.08 bits per heavy atom. The smallest absolute Gasteiger partial charge is 0.224 e. The zero-order valence-electron chi connectivity index (χ0n) is 15.1. The summed E-state index contributed by atoms with van der Waals surface area (Å²) in [4.78, 5) is 17.4. The van der Waals surface area contributed by atoms with Gasteiger partial charge in [-0.05, 0) is 57.1 Å². The molecule has 0 aliphatic heterocycles. The molecule has 2 saturated carbocycles. The van der Waals surface area contributed by atoms with Crippen LogP contribution in [-0.2, 0) is 11.2 Å². The topological polar surface area (TPSA) is 72.9 Å². The maximum absolute atomic E-state index is 12.6. The minimum absolute atomic E-state index is 0.0164. The number of carbonyl (C=O) groups is 1. The number of imidazole rings is 1. The predicted octanol–water partition coefficient (Wildman–Crippen LogP) is 2.65. The maximum atomic E-state index is 12.6. The normalized spacial score (nSPS) is 28.2. The lowest BCUT2D eigenvalue weighted by Gasteiger charge is -2.27. The first-order chi connectivity index (χ1) is 12.1. The van der Waals surface area contributed by atoms with Crippen LogP contribution in [0, 0.1) is 17.8 Å². The van der Waals surface area contributed by atoms with E-state index in [1.807, 2.05) is 18.2 Å². The van der Waals surface area contributed by atoms with E-state index in [0.29, 0.717) is 24.4 Å². The lowest BCUT2D eigenvalue weighted by molar-refractivity contribution is -0.127. The molecule has 4 unspecified atom stereocenters. The Kier molecular flexibility index (Phi) is 4.28. The number of benzene rings is 1. The number of aromatic nitrogens is 2. The Morgan fingerprint density at radius 1 is 1.32 bits per heavy atom. The molecular weight excluding hydrogens is 312 g/mol. The van der Waals surface area contributed by atoms with E-state index in [1.165, 1.54) is 12.8 Å². The molecule has 2 aliphatic rings. The number of para-hydroxylation sites is 2. The van der Waals surface area contributed by atoms with Gasteiger partial charge in [-0.15, -0.1) is 0 Å². The van der Waals surface area contributed by atoms with E-state index in [9.17, 15) is 4.79 Å². The molecule has 5 nitrogen and oxygen atoms in total. The highest BCUT2D eigenvalue weighted by Gasteiger charge is 2.48. The average Bonchev–Trinajstić information content (AvgIpc) is 3.26. The first kappa shape index (κ1) is 16.6. The summed E-state index contributed by atoms with van der Waals surface area (Å²) in [6.07, 6.45) is 4.25. The number of amides is 1. The molecule has 134 valence electrons. The quantitative estimate of drug-likeness (QED) is 0.879. The second kappa shape index (κ2) is 6.45. The van der Waals surface area contributed by atoms with Gasteiger partial charge in [-0.3, -0.25) is 4.79 Å². The molecule has 0 radical (unpaired) electrons. The van der Waals surface area contributed by atoms with Crippen LogP contribution in [0.25, 0.3) is 11.0 Å². The molecule has 4 atom stereocenters. The standard InChI is InChI=1S/C20H28N4O/c1-12(2)24-16-6-4-3-5-15(16)23-17(24)9-10-22-20(25)18-13-7-8-14(11-13)19(18)21/h3-6,12-14,18-19H,7-11,21H2,1-2H3,(H,22,25). The van der Waals surface area contributed by atoms with Crippen molar-refractivity contribution in [2.75, 3.05) is 6.54 Å². The van der Waals surface area contributed by atoms with Crippen LogP contribution in [0.3, 0.4) is 0 Å². The fourth-order valence-corrected chi connectivity index (χ4v) is 4.99. The van der Waals surface area contributed by atoms with E-state index in [2.05, 4.69) is 29.8 Å². The Hall–Kier alpha value is -1.88. The van der Waals surface area contributed by atoms with Crippen LogP contribution in [0.5, 0.6) is 0 Å². The minimum Gasteiger partial charge on any atom is -0.355 e. The Balaban J connectivity index is 1.43. The highest BCUT2D eigenvalue weighted by atomic mass is 16.1. The average molecular weight is 340 g/mol. The molecule has 0 saturated heterocycles. The zero-order chi connectivity index (χ0) is 17.6. The van der Waals surface area contributed by atoms with Gasteiger partial charge in [-0.1, -0.05) is 12.1 Å². The molecule has 2 aliphatic carbocycles. The number of hydrogen-bond donors (Lipinski definition) is 2. The summed E-state index contributed by atoms with van der Waals surface area (Å²) in [5.41, 5.74) is 8.47. The Labute approximate surface area is 149 Å². The summed E-state index contributed by atoms with van der Waals surface area (Å²) in [6.45, 7) is 4.96. The van der Waals surface area contributed by atoms with Crippen molar-refractivity contribution in [2.45, 2.75) is 51.6 Å². The molecular formula is C20H28N4O. The second-order valence-electron chi connectivity index (χ2n) is 7.96. The lowest BCUT2D eigenvalue weighted by Crippen LogP contribution is -2.45. The van der Waals surface area contributed by atoms with Crippen molar-refractivity contribution >= 4 is 16.9 Å². The van der Waals surface area contributed by atoms with E-state index in [1.54, 1.807) is 0 Å². The van der Waals surface area contributed by atoms with Crippen LogP contribution < -0.4 is 11.1 Å². The summed E-state index contributed by atoms with van der Waals surface area (Å²) in [6, 6.07) is 8.62. The number of carbonyl (C=O) groups excluding carboxylic acids is 1. The SMILES string of the molecule is CC(C)n1c(CCNC(=O)C2C3CCC(C3)C2N)nc2ccccc21. The largest absolute Gasteiger partial charge is 0.355 e. The molecule has 2 bridgehead atoms. The number of nitrogens with two attached hydrogens (primary N) is 1. The maximum Gasteiger partial charge on any atom is 0.224 e. The third-order valence-corrected chi connectivity index (χ3v) is 6.12. The molecule has 3 N–H and O–H groups in total. The first-order valence-corrected chi connectivity index (χ1v) is 9.55. The number of nitrogens with one attached hydrogen (secondary N) is 1. The van der Waals surface area contributed by atoms with Gasteiger partial charge in [0, 0.05) is 25.0 Å².